The first-order valence-corrected chi connectivity index (χ1v) is 8.57. The average Bonchev–Trinajstić information content (AvgIpc) is 2.69. The van der Waals surface area contributed by atoms with Gasteiger partial charge in [-0.1, -0.05) is 0 Å². The van der Waals surface area contributed by atoms with E-state index >= 15 is 0 Å². The molecule has 1 aromatic heterocycles. The smallest absolute Gasteiger partial charge is 0.257 e. The maximum atomic E-state index is 12.5. The Morgan fingerprint density at radius 3 is 2.46 bits per heavy atom. The summed E-state index contributed by atoms with van der Waals surface area (Å²) in [6.07, 6.45) is 2.91. The number of nitrogens with one attached hydrogen (secondary N) is 1. The third kappa shape index (κ3) is 3.77. The van der Waals surface area contributed by atoms with Gasteiger partial charge in [0.1, 0.15) is 13.2 Å². The zero-order valence-electron chi connectivity index (χ0n) is 14.8. The zero-order chi connectivity index (χ0) is 18.5. The maximum absolute atomic E-state index is 12.5. The monoisotopic (exact) mass is 355 g/mol. The van der Waals surface area contributed by atoms with Crippen LogP contribution in [0.2, 0.25) is 0 Å². The van der Waals surface area contributed by atoms with E-state index in [-0.39, 0.29) is 11.8 Å². The minimum absolute atomic E-state index is 0.142. The normalized spacial score (nSPS) is 12.4. The van der Waals surface area contributed by atoms with Crippen molar-refractivity contribution in [2.75, 3.05) is 31.6 Å². The minimum Gasteiger partial charge on any atom is -0.486 e. The first-order valence-electron chi connectivity index (χ1n) is 8.57. The fourth-order valence-electron chi connectivity index (χ4n) is 2.70. The summed E-state index contributed by atoms with van der Waals surface area (Å²) < 4.78 is 11.0. The van der Waals surface area contributed by atoms with Gasteiger partial charge in [-0.15, -0.1) is 0 Å². The van der Waals surface area contributed by atoms with Crippen molar-refractivity contribution >= 4 is 17.5 Å². The lowest BCUT2D eigenvalue weighted by atomic mass is 10.1. The van der Waals surface area contributed by atoms with Gasteiger partial charge in [-0.05, 0) is 32.0 Å². The lowest BCUT2D eigenvalue weighted by Crippen LogP contribution is -2.30. The number of carbonyl (C=O) groups is 2. The molecule has 2 amide bonds. The Kier molecular flexibility index (Phi) is 5.36. The largest absolute Gasteiger partial charge is 0.486 e. The number of nitrogens with zero attached hydrogens (tertiary/aromatic N) is 2. The van der Waals surface area contributed by atoms with Crippen LogP contribution in [0.15, 0.2) is 36.7 Å². The van der Waals surface area contributed by atoms with Crippen LogP contribution in [0.1, 0.15) is 34.6 Å². The molecule has 1 aromatic carbocycles. The molecule has 0 saturated heterocycles. The van der Waals surface area contributed by atoms with Gasteiger partial charge in [0.15, 0.2) is 11.5 Å². The zero-order valence-corrected chi connectivity index (χ0v) is 14.8. The summed E-state index contributed by atoms with van der Waals surface area (Å²) >= 11 is 0. The van der Waals surface area contributed by atoms with Gasteiger partial charge in [0.25, 0.3) is 11.8 Å². The van der Waals surface area contributed by atoms with E-state index in [4.69, 9.17) is 9.47 Å². The molecular weight excluding hydrogens is 334 g/mol. The molecule has 0 spiro atoms. The van der Waals surface area contributed by atoms with Gasteiger partial charge in [0.05, 0.1) is 11.1 Å². The van der Waals surface area contributed by atoms with Gasteiger partial charge < -0.3 is 19.7 Å². The van der Waals surface area contributed by atoms with Crippen molar-refractivity contribution in [2.24, 2.45) is 0 Å². The van der Waals surface area contributed by atoms with Crippen molar-refractivity contribution in [2.45, 2.75) is 13.8 Å². The molecule has 0 aliphatic carbocycles. The molecule has 0 radical (unpaired) electrons. The van der Waals surface area contributed by atoms with Gasteiger partial charge >= 0.3 is 0 Å². The molecular formula is C19H21N3O4. The molecule has 7 nitrogen and oxygen atoms in total. The molecule has 0 saturated carbocycles. The van der Waals surface area contributed by atoms with Crippen molar-refractivity contribution in [3.05, 3.63) is 47.8 Å². The Labute approximate surface area is 151 Å². The van der Waals surface area contributed by atoms with E-state index in [1.807, 2.05) is 13.8 Å². The van der Waals surface area contributed by atoms with Crippen LogP contribution in [-0.4, -0.2) is 48.0 Å². The number of pyridine rings is 1. The van der Waals surface area contributed by atoms with E-state index in [9.17, 15) is 9.59 Å². The van der Waals surface area contributed by atoms with Gasteiger partial charge in [-0.3, -0.25) is 14.6 Å². The lowest BCUT2D eigenvalue weighted by molar-refractivity contribution is 0.0772. The van der Waals surface area contributed by atoms with Crippen LogP contribution in [0.3, 0.4) is 0 Å². The van der Waals surface area contributed by atoms with Crippen molar-refractivity contribution in [1.82, 2.24) is 9.88 Å². The number of aromatic nitrogens is 1. The van der Waals surface area contributed by atoms with E-state index in [1.54, 1.807) is 29.2 Å². The van der Waals surface area contributed by atoms with Crippen LogP contribution in [0, 0.1) is 0 Å². The number of amides is 2. The molecule has 1 aliphatic rings. The standard InChI is InChI=1S/C19H21N3O4/c1-3-22(4-2)19(24)14-9-13(11-20-12-14)18(23)21-15-5-6-16-17(10-15)26-8-7-25-16/h5-6,9-12H,3-4,7-8H2,1-2H3,(H,21,23). The first kappa shape index (κ1) is 17.7. The summed E-state index contributed by atoms with van der Waals surface area (Å²) in [5, 5.41) is 2.79. The summed E-state index contributed by atoms with van der Waals surface area (Å²) in [5.41, 5.74) is 1.29. The molecule has 3 rings (SSSR count). The van der Waals surface area contributed by atoms with E-state index in [0.29, 0.717) is 54.6 Å². The Morgan fingerprint density at radius 1 is 1.04 bits per heavy atom. The molecule has 0 unspecified atom stereocenters. The van der Waals surface area contributed by atoms with E-state index in [2.05, 4.69) is 10.3 Å². The van der Waals surface area contributed by atoms with Crippen molar-refractivity contribution in [3.8, 4) is 11.5 Å². The molecule has 136 valence electrons. The number of ether oxygens (including phenoxy) is 2. The Morgan fingerprint density at radius 2 is 1.73 bits per heavy atom. The number of anilines is 1. The maximum Gasteiger partial charge on any atom is 0.257 e. The number of benzene rings is 1. The Hall–Kier alpha value is -3.09. The summed E-state index contributed by atoms with van der Waals surface area (Å²) in [6.45, 7) is 6.01. The Bertz CT molecular complexity index is 818. The van der Waals surface area contributed by atoms with E-state index in [0.717, 1.165) is 0 Å². The highest BCUT2D eigenvalue weighted by molar-refractivity contribution is 6.06. The molecule has 1 N–H and O–H groups in total. The number of carbonyl (C=O) groups excluding carboxylic acids is 2. The molecule has 0 fully saturated rings. The summed E-state index contributed by atoms with van der Waals surface area (Å²) in [4.78, 5) is 30.7. The highest BCUT2D eigenvalue weighted by Crippen LogP contribution is 2.32. The van der Waals surface area contributed by atoms with Crippen LogP contribution in [0.5, 0.6) is 11.5 Å². The highest BCUT2D eigenvalue weighted by atomic mass is 16.6. The molecule has 7 heteroatoms. The van der Waals surface area contributed by atoms with Gasteiger partial charge in [0.2, 0.25) is 0 Å². The van der Waals surface area contributed by atoms with Gasteiger partial charge in [0, 0.05) is 37.2 Å². The second kappa shape index (κ2) is 7.86. The van der Waals surface area contributed by atoms with Gasteiger partial charge in [-0.2, -0.15) is 0 Å². The molecule has 1 aliphatic heterocycles. The summed E-state index contributed by atoms with van der Waals surface area (Å²) in [6, 6.07) is 6.76. The van der Waals surface area contributed by atoms with Crippen molar-refractivity contribution < 1.29 is 19.1 Å². The van der Waals surface area contributed by atoms with Crippen LogP contribution < -0.4 is 14.8 Å². The fourth-order valence-corrected chi connectivity index (χ4v) is 2.70. The predicted molar refractivity (Wildman–Crippen MR) is 96.9 cm³/mol. The average molecular weight is 355 g/mol. The van der Waals surface area contributed by atoms with Crippen LogP contribution >= 0.6 is 0 Å². The SMILES string of the molecule is CCN(CC)C(=O)c1cncc(C(=O)Nc2ccc3c(c2)OCCO3)c1. The summed E-state index contributed by atoms with van der Waals surface area (Å²) in [7, 11) is 0. The first-order chi connectivity index (χ1) is 12.6. The third-order valence-electron chi connectivity index (χ3n) is 4.10. The van der Waals surface area contributed by atoms with E-state index in [1.165, 1.54) is 12.4 Å². The molecule has 26 heavy (non-hydrogen) atoms. The van der Waals surface area contributed by atoms with Crippen LogP contribution in [0.25, 0.3) is 0 Å². The second-order valence-corrected chi connectivity index (χ2v) is 5.75. The highest BCUT2D eigenvalue weighted by Gasteiger charge is 2.17. The number of hydrogen-bond acceptors (Lipinski definition) is 5. The van der Waals surface area contributed by atoms with Crippen LogP contribution in [0.4, 0.5) is 5.69 Å². The molecule has 0 bridgehead atoms. The lowest BCUT2D eigenvalue weighted by Gasteiger charge is -2.19. The summed E-state index contributed by atoms with van der Waals surface area (Å²) in [5.74, 6) is 0.764. The van der Waals surface area contributed by atoms with Gasteiger partial charge in [-0.25, -0.2) is 0 Å². The topological polar surface area (TPSA) is 80.8 Å². The number of hydrogen-bond donors (Lipinski definition) is 1. The molecule has 2 heterocycles. The van der Waals surface area contributed by atoms with Crippen LogP contribution in [-0.2, 0) is 0 Å². The molecule has 0 atom stereocenters. The van der Waals surface area contributed by atoms with Crippen molar-refractivity contribution in [3.63, 3.8) is 0 Å². The fraction of sp³-hybridized carbons (Fsp3) is 0.316. The minimum atomic E-state index is -0.344. The quantitative estimate of drug-likeness (QED) is 0.892. The van der Waals surface area contributed by atoms with E-state index < -0.39 is 0 Å². The second-order valence-electron chi connectivity index (χ2n) is 5.75. The Balaban J connectivity index is 1.76. The number of rotatable bonds is 5. The number of fused-ring (bicyclic) bond motifs is 1. The predicted octanol–water partition coefficient (Wildman–Crippen LogP) is 2.59. The third-order valence-corrected chi connectivity index (χ3v) is 4.10. The molecule has 2 aromatic rings. The van der Waals surface area contributed by atoms with Crippen molar-refractivity contribution in [1.29, 1.82) is 0 Å².